The minimum Gasteiger partial charge on any atom is -0.363 e. The number of rotatable bonds is 3. The molecule has 2 heterocycles. The highest BCUT2D eigenvalue weighted by Crippen LogP contribution is 2.09. The summed E-state index contributed by atoms with van der Waals surface area (Å²) in [5.41, 5.74) is 2.13. The predicted molar refractivity (Wildman–Crippen MR) is 63.3 cm³/mol. The molecule has 2 aromatic heterocycles. The van der Waals surface area contributed by atoms with Gasteiger partial charge in [-0.25, -0.2) is 4.98 Å². The van der Waals surface area contributed by atoms with E-state index in [1.807, 2.05) is 19.1 Å². The number of pyridine rings is 1. The quantitative estimate of drug-likeness (QED) is 0.886. The summed E-state index contributed by atoms with van der Waals surface area (Å²) in [7, 11) is 0. The Bertz CT molecular complexity index is 487. The Morgan fingerprint density at radius 3 is 3.00 bits per heavy atom. The van der Waals surface area contributed by atoms with Gasteiger partial charge in [-0.2, -0.15) is 0 Å². The lowest BCUT2D eigenvalue weighted by Gasteiger charge is -2.06. The van der Waals surface area contributed by atoms with Crippen LogP contribution in [0.3, 0.4) is 0 Å². The Morgan fingerprint density at radius 1 is 1.38 bits per heavy atom. The Morgan fingerprint density at radius 2 is 2.25 bits per heavy atom. The van der Waals surface area contributed by atoms with Crippen LogP contribution in [0.15, 0.2) is 30.7 Å². The maximum atomic E-state index is 5.73. The maximum Gasteiger partial charge on any atom is 0.149 e. The van der Waals surface area contributed by atoms with Crippen LogP contribution in [0.25, 0.3) is 0 Å². The third-order valence-electron chi connectivity index (χ3n) is 2.16. The van der Waals surface area contributed by atoms with Crippen LogP contribution in [0.1, 0.15) is 11.3 Å². The minimum atomic E-state index is 0.378. The SMILES string of the molecule is Cc1cccnc1CNc1cncc(Cl)n1. The van der Waals surface area contributed by atoms with Crippen molar-refractivity contribution in [2.45, 2.75) is 13.5 Å². The summed E-state index contributed by atoms with van der Waals surface area (Å²) in [4.78, 5) is 12.3. The van der Waals surface area contributed by atoms with Gasteiger partial charge in [-0.05, 0) is 18.6 Å². The maximum absolute atomic E-state index is 5.73. The van der Waals surface area contributed by atoms with Crippen molar-refractivity contribution >= 4 is 17.4 Å². The zero-order valence-electron chi connectivity index (χ0n) is 8.81. The minimum absolute atomic E-state index is 0.378. The molecule has 0 fully saturated rings. The summed E-state index contributed by atoms with van der Waals surface area (Å²) in [6.07, 6.45) is 4.90. The molecule has 0 amide bonds. The van der Waals surface area contributed by atoms with E-state index in [-0.39, 0.29) is 0 Å². The Kier molecular flexibility index (Phi) is 3.31. The van der Waals surface area contributed by atoms with Crippen LogP contribution >= 0.6 is 11.6 Å². The molecule has 1 N–H and O–H groups in total. The second-order valence-corrected chi connectivity index (χ2v) is 3.73. The molecular weight excluding hydrogens is 224 g/mol. The fourth-order valence-electron chi connectivity index (χ4n) is 1.31. The fourth-order valence-corrected chi connectivity index (χ4v) is 1.45. The second-order valence-electron chi connectivity index (χ2n) is 3.35. The number of aromatic nitrogens is 3. The Balaban J connectivity index is 2.05. The van der Waals surface area contributed by atoms with E-state index in [9.17, 15) is 0 Å². The van der Waals surface area contributed by atoms with Crippen LogP contribution in [-0.2, 0) is 6.54 Å². The summed E-state index contributed by atoms with van der Waals surface area (Å²) in [6.45, 7) is 2.63. The van der Waals surface area contributed by atoms with E-state index >= 15 is 0 Å². The average molecular weight is 235 g/mol. The molecule has 0 unspecified atom stereocenters. The topological polar surface area (TPSA) is 50.7 Å². The zero-order chi connectivity index (χ0) is 11.4. The number of nitrogens with one attached hydrogen (secondary N) is 1. The summed E-state index contributed by atoms with van der Waals surface area (Å²) >= 11 is 5.73. The van der Waals surface area contributed by atoms with E-state index in [0.29, 0.717) is 17.5 Å². The van der Waals surface area contributed by atoms with Crippen molar-refractivity contribution in [3.63, 3.8) is 0 Å². The van der Waals surface area contributed by atoms with Crippen LogP contribution in [0.5, 0.6) is 0 Å². The van der Waals surface area contributed by atoms with E-state index < -0.39 is 0 Å². The number of hydrogen-bond donors (Lipinski definition) is 1. The monoisotopic (exact) mass is 234 g/mol. The third-order valence-corrected chi connectivity index (χ3v) is 2.34. The molecule has 0 atom stereocenters. The van der Waals surface area contributed by atoms with Crippen molar-refractivity contribution in [1.82, 2.24) is 15.0 Å². The van der Waals surface area contributed by atoms with Gasteiger partial charge >= 0.3 is 0 Å². The highest BCUT2D eigenvalue weighted by atomic mass is 35.5. The molecule has 2 rings (SSSR count). The highest BCUT2D eigenvalue weighted by molar-refractivity contribution is 6.29. The molecule has 0 spiro atoms. The Labute approximate surface area is 98.7 Å². The van der Waals surface area contributed by atoms with Crippen LogP contribution in [0, 0.1) is 6.92 Å². The normalized spacial score (nSPS) is 10.1. The van der Waals surface area contributed by atoms with Crippen LogP contribution < -0.4 is 5.32 Å². The highest BCUT2D eigenvalue weighted by Gasteiger charge is 2.00. The fraction of sp³-hybridized carbons (Fsp3) is 0.182. The lowest BCUT2D eigenvalue weighted by atomic mass is 10.2. The molecule has 4 nitrogen and oxygen atoms in total. The van der Waals surface area contributed by atoms with Gasteiger partial charge in [0.05, 0.1) is 24.6 Å². The standard InChI is InChI=1S/C11H11ClN4/c1-8-3-2-4-14-9(8)5-15-11-7-13-6-10(12)16-11/h2-4,6-7H,5H2,1H3,(H,15,16). The molecule has 0 aromatic carbocycles. The first kappa shape index (κ1) is 10.8. The van der Waals surface area contributed by atoms with Crippen molar-refractivity contribution < 1.29 is 0 Å². The molecule has 82 valence electrons. The van der Waals surface area contributed by atoms with E-state index in [1.54, 1.807) is 12.4 Å². The van der Waals surface area contributed by atoms with Gasteiger partial charge in [0.2, 0.25) is 0 Å². The number of aryl methyl sites for hydroxylation is 1. The van der Waals surface area contributed by atoms with Crippen LogP contribution in [0.2, 0.25) is 5.15 Å². The summed E-state index contributed by atoms with van der Waals surface area (Å²) in [5, 5.41) is 3.50. The van der Waals surface area contributed by atoms with Gasteiger partial charge in [0.1, 0.15) is 11.0 Å². The molecule has 0 radical (unpaired) electrons. The van der Waals surface area contributed by atoms with Crippen molar-refractivity contribution in [2.75, 3.05) is 5.32 Å². The smallest absolute Gasteiger partial charge is 0.149 e. The molecule has 16 heavy (non-hydrogen) atoms. The lowest BCUT2D eigenvalue weighted by Crippen LogP contribution is -2.05. The summed E-state index contributed by atoms with van der Waals surface area (Å²) in [5.74, 6) is 0.651. The van der Waals surface area contributed by atoms with Crippen molar-refractivity contribution in [3.05, 3.63) is 47.1 Å². The molecule has 5 heteroatoms. The first-order chi connectivity index (χ1) is 7.75. The molecule has 2 aromatic rings. The van der Waals surface area contributed by atoms with Gasteiger partial charge in [-0.3, -0.25) is 9.97 Å². The first-order valence-corrected chi connectivity index (χ1v) is 5.25. The number of anilines is 1. The average Bonchev–Trinajstić information content (AvgIpc) is 2.28. The van der Waals surface area contributed by atoms with Crippen LogP contribution in [-0.4, -0.2) is 15.0 Å². The van der Waals surface area contributed by atoms with Gasteiger partial charge < -0.3 is 5.32 Å². The summed E-state index contributed by atoms with van der Waals surface area (Å²) in [6, 6.07) is 3.94. The largest absolute Gasteiger partial charge is 0.363 e. The molecule has 0 aliphatic heterocycles. The van der Waals surface area contributed by atoms with Gasteiger partial charge in [-0.15, -0.1) is 0 Å². The number of halogens is 1. The van der Waals surface area contributed by atoms with Crippen LogP contribution in [0.4, 0.5) is 5.82 Å². The van der Waals surface area contributed by atoms with Crippen molar-refractivity contribution in [1.29, 1.82) is 0 Å². The van der Waals surface area contributed by atoms with Gasteiger partial charge in [0.15, 0.2) is 0 Å². The summed E-state index contributed by atoms with van der Waals surface area (Å²) < 4.78 is 0. The van der Waals surface area contributed by atoms with E-state index in [2.05, 4.69) is 20.3 Å². The van der Waals surface area contributed by atoms with E-state index in [4.69, 9.17) is 11.6 Å². The third kappa shape index (κ3) is 2.67. The number of nitrogens with zero attached hydrogens (tertiary/aromatic N) is 3. The molecule has 0 aliphatic rings. The van der Waals surface area contributed by atoms with Crippen molar-refractivity contribution in [3.8, 4) is 0 Å². The van der Waals surface area contributed by atoms with Crippen molar-refractivity contribution in [2.24, 2.45) is 0 Å². The van der Waals surface area contributed by atoms with Gasteiger partial charge in [0.25, 0.3) is 0 Å². The first-order valence-electron chi connectivity index (χ1n) is 4.87. The zero-order valence-corrected chi connectivity index (χ0v) is 9.57. The second kappa shape index (κ2) is 4.90. The molecule has 0 saturated carbocycles. The molecule has 0 bridgehead atoms. The van der Waals surface area contributed by atoms with E-state index in [0.717, 1.165) is 11.3 Å². The van der Waals surface area contributed by atoms with Gasteiger partial charge in [-0.1, -0.05) is 17.7 Å². The molecule has 0 saturated heterocycles. The molecular formula is C11H11ClN4. The predicted octanol–water partition coefficient (Wildman–Crippen LogP) is 2.45. The Hall–Kier alpha value is -1.68. The number of hydrogen-bond acceptors (Lipinski definition) is 4. The van der Waals surface area contributed by atoms with E-state index in [1.165, 1.54) is 6.20 Å². The van der Waals surface area contributed by atoms with Gasteiger partial charge in [0, 0.05) is 6.20 Å². The lowest BCUT2D eigenvalue weighted by molar-refractivity contribution is 0.999. The molecule has 0 aliphatic carbocycles.